The van der Waals surface area contributed by atoms with Crippen LogP contribution >= 0.6 is 11.6 Å². The molecule has 1 saturated carbocycles. The normalized spacial score (nSPS) is 20.2. The largest absolute Gasteiger partial charge is 0.371 e. The zero-order valence-electron chi connectivity index (χ0n) is 22.2. The summed E-state index contributed by atoms with van der Waals surface area (Å²) in [7, 11) is 3.43. The number of piperidine rings is 2. The Labute approximate surface area is 228 Å². The van der Waals surface area contributed by atoms with Crippen LogP contribution in [0.25, 0.3) is 0 Å². The Morgan fingerprint density at radius 2 is 1.55 bits per heavy atom. The highest BCUT2D eigenvalue weighted by atomic mass is 35.5. The molecule has 0 aromatic heterocycles. The van der Waals surface area contributed by atoms with Crippen molar-refractivity contribution >= 4 is 29.1 Å². The lowest BCUT2D eigenvalue weighted by atomic mass is 9.63. The van der Waals surface area contributed by atoms with Gasteiger partial charge in [-0.2, -0.15) is 0 Å². The van der Waals surface area contributed by atoms with Crippen LogP contribution < -0.4 is 4.90 Å². The highest BCUT2D eigenvalue weighted by Crippen LogP contribution is 2.47. The summed E-state index contributed by atoms with van der Waals surface area (Å²) in [5.41, 5.74) is 0.876. The summed E-state index contributed by atoms with van der Waals surface area (Å²) < 4.78 is 28.5. The molecular formula is C30H36ClF2N3O2. The van der Waals surface area contributed by atoms with Crippen LogP contribution in [0.15, 0.2) is 36.4 Å². The molecule has 2 aromatic rings. The van der Waals surface area contributed by atoms with Gasteiger partial charge < -0.3 is 14.7 Å². The molecule has 8 heteroatoms. The van der Waals surface area contributed by atoms with Crippen LogP contribution in [0.1, 0.15) is 60.9 Å². The average Bonchev–Trinajstić information content (AvgIpc) is 2.89. The fourth-order valence-electron chi connectivity index (χ4n) is 6.61. The maximum atomic E-state index is 14.6. The van der Waals surface area contributed by atoms with Gasteiger partial charge in [-0.3, -0.25) is 9.59 Å². The van der Waals surface area contributed by atoms with E-state index in [2.05, 4.69) is 4.90 Å². The smallest absolute Gasteiger partial charge is 0.254 e. The number of hydrogen-bond donors (Lipinski definition) is 0. The lowest BCUT2D eigenvalue weighted by Gasteiger charge is -2.47. The Hall–Kier alpha value is -2.67. The van der Waals surface area contributed by atoms with Crippen LogP contribution in [0.3, 0.4) is 0 Å². The number of amides is 2. The van der Waals surface area contributed by atoms with Crippen molar-refractivity contribution in [3.8, 4) is 0 Å². The molecule has 0 atom stereocenters. The molecular weight excluding hydrogens is 508 g/mol. The Balaban J connectivity index is 1.16. The third-order valence-electron chi connectivity index (χ3n) is 9.05. The molecule has 0 bridgehead atoms. The number of likely N-dealkylation sites (tertiary alicyclic amines) is 1. The van der Waals surface area contributed by atoms with E-state index in [-0.39, 0.29) is 17.4 Å². The van der Waals surface area contributed by atoms with Gasteiger partial charge in [0, 0.05) is 51.5 Å². The van der Waals surface area contributed by atoms with Crippen molar-refractivity contribution in [2.75, 3.05) is 45.2 Å². The first-order valence-electron chi connectivity index (χ1n) is 13.7. The first kappa shape index (κ1) is 26.9. The molecule has 2 saturated heterocycles. The first-order chi connectivity index (χ1) is 18.2. The van der Waals surface area contributed by atoms with E-state index in [0.29, 0.717) is 48.4 Å². The highest BCUT2D eigenvalue weighted by Gasteiger charge is 2.50. The first-order valence-corrected chi connectivity index (χ1v) is 14.1. The van der Waals surface area contributed by atoms with Gasteiger partial charge in [0.25, 0.3) is 5.91 Å². The van der Waals surface area contributed by atoms with Gasteiger partial charge >= 0.3 is 0 Å². The molecule has 2 aliphatic heterocycles. The summed E-state index contributed by atoms with van der Waals surface area (Å²) in [4.78, 5) is 31.6. The molecule has 5 nitrogen and oxygen atoms in total. The molecule has 0 radical (unpaired) electrons. The van der Waals surface area contributed by atoms with Crippen molar-refractivity contribution in [3.63, 3.8) is 0 Å². The number of nitrogens with zero attached hydrogens (tertiary/aromatic N) is 3. The fraction of sp³-hybridized carbons (Fsp3) is 0.533. The van der Waals surface area contributed by atoms with E-state index in [1.807, 2.05) is 23.1 Å². The van der Waals surface area contributed by atoms with Crippen LogP contribution in [0, 0.1) is 23.5 Å². The standard InChI is InChI=1S/C30H36ClF2N3O2/c1-34(2)28(37)24-6-5-23(19-26(24)31)35-14-8-20(9-15-35)21-10-16-36(17-11-21)29(38)30(12-3-13-30)25-18-22(32)4-7-27(25)33/h4-7,18-21H,3,8-17H2,1-2H3. The predicted molar refractivity (Wildman–Crippen MR) is 146 cm³/mol. The Morgan fingerprint density at radius 1 is 0.921 bits per heavy atom. The predicted octanol–water partition coefficient (Wildman–Crippen LogP) is 5.90. The molecule has 0 unspecified atom stereocenters. The second-order valence-electron chi connectivity index (χ2n) is 11.4. The van der Waals surface area contributed by atoms with Crippen LogP contribution in [-0.2, 0) is 10.2 Å². The van der Waals surface area contributed by atoms with Gasteiger partial charge in [-0.15, -0.1) is 0 Å². The zero-order valence-corrected chi connectivity index (χ0v) is 22.9. The van der Waals surface area contributed by atoms with E-state index in [4.69, 9.17) is 11.6 Å². The van der Waals surface area contributed by atoms with Gasteiger partial charge in [0.05, 0.1) is 16.0 Å². The molecule has 3 aliphatic rings. The van der Waals surface area contributed by atoms with E-state index < -0.39 is 17.0 Å². The van der Waals surface area contributed by atoms with Gasteiger partial charge in [-0.05, 0) is 86.8 Å². The fourth-order valence-corrected chi connectivity index (χ4v) is 6.87. The number of rotatable bonds is 5. The van der Waals surface area contributed by atoms with Gasteiger partial charge in [-0.1, -0.05) is 18.0 Å². The van der Waals surface area contributed by atoms with E-state index in [9.17, 15) is 18.4 Å². The van der Waals surface area contributed by atoms with E-state index in [1.54, 1.807) is 14.1 Å². The molecule has 5 rings (SSSR count). The van der Waals surface area contributed by atoms with E-state index >= 15 is 0 Å². The van der Waals surface area contributed by atoms with Crippen molar-refractivity contribution < 1.29 is 18.4 Å². The number of benzene rings is 2. The second-order valence-corrected chi connectivity index (χ2v) is 11.8. The van der Waals surface area contributed by atoms with Crippen molar-refractivity contribution in [1.82, 2.24) is 9.80 Å². The van der Waals surface area contributed by atoms with Gasteiger partial charge in [0.1, 0.15) is 11.6 Å². The summed E-state index contributed by atoms with van der Waals surface area (Å²) in [6.07, 6.45) is 6.07. The summed E-state index contributed by atoms with van der Waals surface area (Å²) in [5, 5.41) is 0.475. The molecule has 38 heavy (non-hydrogen) atoms. The Bertz CT molecular complexity index is 1200. The molecule has 3 fully saturated rings. The Kier molecular flexibility index (Phi) is 7.67. The molecule has 2 aromatic carbocycles. The topological polar surface area (TPSA) is 43.9 Å². The van der Waals surface area contributed by atoms with Crippen LogP contribution in [-0.4, -0.2) is 61.9 Å². The molecule has 0 spiro atoms. The van der Waals surface area contributed by atoms with E-state index in [0.717, 1.165) is 63.0 Å². The number of carbonyl (C=O) groups excluding carboxylic acids is 2. The monoisotopic (exact) mass is 543 g/mol. The lowest BCUT2D eigenvalue weighted by molar-refractivity contribution is -0.142. The van der Waals surface area contributed by atoms with Crippen LogP contribution in [0.4, 0.5) is 14.5 Å². The summed E-state index contributed by atoms with van der Waals surface area (Å²) in [6.45, 7) is 3.23. The van der Waals surface area contributed by atoms with E-state index in [1.165, 1.54) is 11.0 Å². The zero-order chi connectivity index (χ0) is 27.0. The molecule has 2 heterocycles. The minimum atomic E-state index is -0.904. The SMILES string of the molecule is CN(C)C(=O)c1ccc(N2CCC(C3CCN(C(=O)C4(c5cc(F)ccc5F)CCC4)CC3)CC2)cc1Cl. The minimum Gasteiger partial charge on any atom is -0.371 e. The second kappa shape index (κ2) is 10.8. The maximum absolute atomic E-state index is 14.6. The number of hydrogen-bond acceptors (Lipinski definition) is 3. The Morgan fingerprint density at radius 3 is 2.11 bits per heavy atom. The van der Waals surface area contributed by atoms with Gasteiger partial charge in [0.15, 0.2) is 0 Å². The molecule has 0 N–H and O–H groups in total. The quantitative estimate of drug-likeness (QED) is 0.472. The number of carbonyl (C=O) groups is 2. The highest BCUT2D eigenvalue weighted by molar-refractivity contribution is 6.34. The minimum absolute atomic E-state index is 0.0328. The van der Waals surface area contributed by atoms with Crippen LogP contribution in [0.5, 0.6) is 0 Å². The third-order valence-corrected chi connectivity index (χ3v) is 9.36. The summed E-state index contributed by atoms with van der Waals surface area (Å²) >= 11 is 6.43. The van der Waals surface area contributed by atoms with Crippen molar-refractivity contribution in [1.29, 1.82) is 0 Å². The van der Waals surface area contributed by atoms with Gasteiger partial charge in [0.2, 0.25) is 5.91 Å². The van der Waals surface area contributed by atoms with Crippen LogP contribution in [0.2, 0.25) is 5.02 Å². The van der Waals surface area contributed by atoms with Crippen molar-refractivity contribution in [2.24, 2.45) is 11.8 Å². The maximum Gasteiger partial charge on any atom is 0.254 e. The van der Waals surface area contributed by atoms with Gasteiger partial charge in [-0.25, -0.2) is 8.78 Å². The molecule has 204 valence electrons. The molecule has 2 amide bonds. The summed E-state index contributed by atoms with van der Waals surface area (Å²) in [5.74, 6) is 0.0519. The van der Waals surface area contributed by atoms with Crippen molar-refractivity contribution in [2.45, 2.75) is 50.4 Å². The third kappa shape index (κ3) is 5.02. The number of halogens is 3. The summed E-state index contributed by atoms with van der Waals surface area (Å²) in [6, 6.07) is 9.15. The lowest BCUT2D eigenvalue weighted by Crippen LogP contribution is -2.54. The average molecular weight is 544 g/mol. The van der Waals surface area contributed by atoms with Crippen molar-refractivity contribution in [3.05, 3.63) is 64.2 Å². The number of anilines is 1. The molecule has 1 aliphatic carbocycles.